The molecule has 0 bridgehead atoms. The normalized spacial score (nSPS) is 17.0. The quantitative estimate of drug-likeness (QED) is 0.801. The van der Waals surface area contributed by atoms with Crippen molar-refractivity contribution >= 4 is 17.6 Å². The van der Waals surface area contributed by atoms with E-state index in [9.17, 15) is 9.59 Å². The van der Waals surface area contributed by atoms with Gasteiger partial charge in [0.05, 0.1) is 16.8 Å². The lowest BCUT2D eigenvalue weighted by molar-refractivity contribution is -0.133. The van der Waals surface area contributed by atoms with Crippen molar-refractivity contribution in [2.45, 2.75) is 19.3 Å². The maximum atomic E-state index is 12.4. The summed E-state index contributed by atoms with van der Waals surface area (Å²) >= 11 is 0. The highest BCUT2D eigenvalue weighted by Gasteiger charge is 2.47. The van der Waals surface area contributed by atoms with Crippen LogP contribution in [-0.4, -0.2) is 33.5 Å². The summed E-state index contributed by atoms with van der Waals surface area (Å²) < 4.78 is 1.51. The molecule has 3 rings (SSSR count). The molecule has 2 heterocycles. The van der Waals surface area contributed by atoms with E-state index in [-0.39, 0.29) is 11.7 Å². The van der Waals surface area contributed by atoms with Crippen LogP contribution in [0, 0.1) is 0 Å². The Labute approximate surface area is 122 Å². The number of benzene rings is 1. The maximum absolute atomic E-state index is 12.4. The molecule has 0 spiro atoms. The number of amides is 2. The third-order valence-electron chi connectivity index (χ3n) is 3.87. The molecule has 0 aliphatic carbocycles. The minimum Gasteiger partial charge on any atom is -0.383 e. The van der Waals surface area contributed by atoms with Gasteiger partial charge in [-0.3, -0.25) is 14.5 Å². The first-order chi connectivity index (χ1) is 9.85. The number of para-hydroxylation sites is 1. The Morgan fingerprint density at radius 2 is 1.76 bits per heavy atom. The molecule has 1 aromatic carbocycles. The SMILES string of the molecule is CN1C(=O)c2c(nn(-c3ccccc3)c2N)C(C)(C)C1=O. The molecule has 2 N–H and O–H groups in total. The molecule has 108 valence electrons. The fourth-order valence-electron chi connectivity index (χ4n) is 2.63. The van der Waals surface area contributed by atoms with Crippen molar-refractivity contribution < 1.29 is 9.59 Å². The molecule has 1 aliphatic rings. The monoisotopic (exact) mass is 284 g/mol. The van der Waals surface area contributed by atoms with Gasteiger partial charge >= 0.3 is 0 Å². The predicted octanol–water partition coefficient (Wildman–Crippen LogP) is 1.34. The summed E-state index contributed by atoms with van der Waals surface area (Å²) in [6.45, 7) is 3.50. The Bertz CT molecular complexity index is 747. The number of hydrogen-bond donors (Lipinski definition) is 1. The summed E-state index contributed by atoms with van der Waals surface area (Å²) in [5.41, 5.74) is 6.73. The molecule has 0 saturated carbocycles. The molecule has 1 aromatic heterocycles. The first-order valence-corrected chi connectivity index (χ1v) is 6.62. The number of hydrogen-bond acceptors (Lipinski definition) is 4. The van der Waals surface area contributed by atoms with Crippen LogP contribution in [0.1, 0.15) is 29.9 Å². The number of carbonyl (C=O) groups is 2. The average Bonchev–Trinajstić information content (AvgIpc) is 2.83. The Balaban J connectivity index is 2.28. The van der Waals surface area contributed by atoms with Crippen molar-refractivity contribution in [3.8, 4) is 5.69 Å². The van der Waals surface area contributed by atoms with E-state index >= 15 is 0 Å². The number of aromatic nitrogens is 2. The van der Waals surface area contributed by atoms with Crippen LogP contribution in [0.15, 0.2) is 30.3 Å². The number of nitrogens with two attached hydrogens (primary N) is 1. The van der Waals surface area contributed by atoms with Crippen LogP contribution in [0.25, 0.3) is 5.69 Å². The minimum atomic E-state index is -0.883. The van der Waals surface area contributed by atoms with Crippen molar-refractivity contribution in [3.63, 3.8) is 0 Å². The van der Waals surface area contributed by atoms with Crippen LogP contribution in [0.4, 0.5) is 5.82 Å². The Kier molecular flexibility index (Phi) is 2.66. The second kappa shape index (κ2) is 4.18. The summed E-state index contributed by atoms with van der Waals surface area (Å²) in [7, 11) is 1.47. The van der Waals surface area contributed by atoms with Crippen LogP contribution < -0.4 is 5.73 Å². The zero-order valence-electron chi connectivity index (χ0n) is 12.1. The summed E-state index contributed by atoms with van der Waals surface area (Å²) in [6.07, 6.45) is 0. The maximum Gasteiger partial charge on any atom is 0.265 e. The third-order valence-corrected chi connectivity index (χ3v) is 3.87. The number of nitrogens with zero attached hydrogens (tertiary/aromatic N) is 3. The molecule has 2 aromatic rings. The van der Waals surface area contributed by atoms with Gasteiger partial charge in [-0.05, 0) is 26.0 Å². The number of rotatable bonds is 1. The van der Waals surface area contributed by atoms with Gasteiger partial charge in [0, 0.05) is 7.05 Å². The Hall–Kier alpha value is -2.63. The van der Waals surface area contributed by atoms with Crippen molar-refractivity contribution in [1.82, 2.24) is 14.7 Å². The van der Waals surface area contributed by atoms with Crippen LogP contribution in [0.2, 0.25) is 0 Å². The summed E-state index contributed by atoms with van der Waals surface area (Å²) in [5.74, 6) is -0.430. The molecule has 6 heteroatoms. The van der Waals surface area contributed by atoms with Gasteiger partial charge in [0.1, 0.15) is 11.4 Å². The highest BCUT2D eigenvalue weighted by Crippen LogP contribution is 2.36. The van der Waals surface area contributed by atoms with E-state index in [1.54, 1.807) is 13.8 Å². The third kappa shape index (κ3) is 1.68. The zero-order valence-corrected chi connectivity index (χ0v) is 12.1. The van der Waals surface area contributed by atoms with E-state index in [1.807, 2.05) is 30.3 Å². The molecule has 2 amide bonds. The largest absolute Gasteiger partial charge is 0.383 e. The van der Waals surface area contributed by atoms with E-state index < -0.39 is 11.3 Å². The van der Waals surface area contributed by atoms with E-state index in [0.29, 0.717) is 11.3 Å². The van der Waals surface area contributed by atoms with Gasteiger partial charge in [-0.1, -0.05) is 18.2 Å². The van der Waals surface area contributed by atoms with Gasteiger partial charge in [-0.25, -0.2) is 4.68 Å². The number of nitrogen functional groups attached to an aromatic ring is 1. The van der Waals surface area contributed by atoms with E-state index in [1.165, 1.54) is 11.7 Å². The smallest absolute Gasteiger partial charge is 0.265 e. The summed E-state index contributed by atoms with van der Waals surface area (Å²) in [4.78, 5) is 25.8. The highest BCUT2D eigenvalue weighted by atomic mass is 16.2. The van der Waals surface area contributed by atoms with Crippen LogP contribution in [-0.2, 0) is 10.2 Å². The van der Waals surface area contributed by atoms with Crippen molar-refractivity contribution in [3.05, 3.63) is 41.6 Å². The zero-order chi connectivity index (χ0) is 15.4. The van der Waals surface area contributed by atoms with E-state index in [2.05, 4.69) is 5.10 Å². The van der Waals surface area contributed by atoms with Gasteiger partial charge in [0.25, 0.3) is 5.91 Å². The van der Waals surface area contributed by atoms with Gasteiger partial charge in [0.15, 0.2) is 0 Å². The second-order valence-corrected chi connectivity index (χ2v) is 5.65. The second-order valence-electron chi connectivity index (χ2n) is 5.65. The van der Waals surface area contributed by atoms with Gasteiger partial charge in [0.2, 0.25) is 5.91 Å². The average molecular weight is 284 g/mol. The molecule has 0 atom stereocenters. The molecule has 21 heavy (non-hydrogen) atoms. The van der Waals surface area contributed by atoms with Crippen LogP contribution in [0.5, 0.6) is 0 Å². The topological polar surface area (TPSA) is 81.2 Å². The lowest BCUT2D eigenvalue weighted by atomic mass is 9.82. The van der Waals surface area contributed by atoms with E-state index in [4.69, 9.17) is 5.73 Å². The molecule has 0 unspecified atom stereocenters. The van der Waals surface area contributed by atoms with Gasteiger partial charge in [-0.2, -0.15) is 5.10 Å². The number of anilines is 1. The van der Waals surface area contributed by atoms with Crippen molar-refractivity contribution in [2.75, 3.05) is 12.8 Å². The molecule has 6 nitrogen and oxygen atoms in total. The van der Waals surface area contributed by atoms with Gasteiger partial charge < -0.3 is 5.73 Å². The Morgan fingerprint density at radius 3 is 2.38 bits per heavy atom. The lowest BCUT2D eigenvalue weighted by Gasteiger charge is -2.32. The van der Waals surface area contributed by atoms with Crippen LogP contribution >= 0.6 is 0 Å². The van der Waals surface area contributed by atoms with E-state index in [0.717, 1.165) is 10.6 Å². The van der Waals surface area contributed by atoms with Gasteiger partial charge in [-0.15, -0.1) is 0 Å². The molecule has 0 radical (unpaired) electrons. The predicted molar refractivity (Wildman–Crippen MR) is 78.1 cm³/mol. The molecular weight excluding hydrogens is 268 g/mol. The number of likely N-dealkylation sites (N-methyl/N-ethyl adjacent to an activating group) is 1. The number of fused-ring (bicyclic) bond motifs is 1. The molecular formula is C15H16N4O2. The molecule has 1 aliphatic heterocycles. The minimum absolute atomic E-state index is 0.258. The number of imide groups is 1. The van der Waals surface area contributed by atoms with Crippen molar-refractivity contribution in [1.29, 1.82) is 0 Å². The summed E-state index contributed by atoms with van der Waals surface area (Å²) in [5, 5.41) is 4.43. The summed E-state index contributed by atoms with van der Waals surface area (Å²) in [6, 6.07) is 9.30. The molecule has 0 fully saturated rings. The molecule has 0 saturated heterocycles. The standard InChI is InChI=1S/C15H16N4O2/c1-15(2)11-10(13(20)18(3)14(15)21)12(16)19(17-11)9-7-5-4-6-8-9/h4-8H,16H2,1-3H3. The highest BCUT2D eigenvalue weighted by molar-refractivity contribution is 6.14. The first-order valence-electron chi connectivity index (χ1n) is 6.62. The first kappa shape index (κ1) is 13.4. The Morgan fingerprint density at radius 1 is 1.14 bits per heavy atom. The number of carbonyl (C=O) groups excluding carboxylic acids is 2. The lowest BCUT2D eigenvalue weighted by Crippen LogP contribution is -2.49. The van der Waals surface area contributed by atoms with Crippen LogP contribution in [0.3, 0.4) is 0 Å². The van der Waals surface area contributed by atoms with Crippen molar-refractivity contribution in [2.24, 2.45) is 0 Å². The fourth-order valence-corrected chi connectivity index (χ4v) is 2.63. The fraction of sp³-hybridized carbons (Fsp3) is 0.267.